The Labute approximate surface area is 120 Å². The predicted octanol–water partition coefficient (Wildman–Crippen LogP) is 0.875. The summed E-state index contributed by atoms with van der Waals surface area (Å²) in [5.41, 5.74) is 0.333. The smallest absolute Gasteiger partial charge is 0.356 e. The summed E-state index contributed by atoms with van der Waals surface area (Å²) in [4.78, 5) is 30.1. The van der Waals surface area contributed by atoms with Crippen molar-refractivity contribution < 1.29 is 19.4 Å². The number of aromatic carboxylic acids is 1. The maximum Gasteiger partial charge on any atom is 0.356 e. The Morgan fingerprint density at radius 1 is 1.43 bits per heavy atom. The van der Waals surface area contributed by atoms with Crippen molar-refractivity contribution in [1.82, 2.24) is 14.5 Å². The summed E-state index contributed by atoms with van der Waals surface area (Å²) < 4.78 is 6.31. The Balaban J connectivity index is 1.97. The second kappa shape index (κ2) is 6.51. The zero-order chi connectivity index (χ0) is 15.2. The van der Waals surface area contributed by atoms with Crippen LogP contribution < -0.4 is 5.32 Å². The van der Waals surface area contributed by atoms with E-state index in [0.717, 1.165) is 0 Å². The van der Waals surface area contributed by atoms with Crippen molar-refractivity contribution in [3.63, 3.8) is 0 Å². The number of methoxy groups -OCH3 is 1. The zero-order valence-corrected chi connectivity index (χ0v) is 11.3. The fourth-order valence-electron chi connectivity index (χ4n) is 1.72. The van der Waals surface area contributed by atoms with Crippen LogP contribution in [0.2, 0.25) is 0 Å². The third kappa shape index (κ3) is 3.56. The number of hydrogen-bond donors (Lipinski definition) is 2. The quantitative estimate of drug-likeness (QED) is 0.760. The van der Waals surface area contributed by atoms with E-state index in [-0.39, 0.29) is 5.69 Å². The first-order valence-corrected chi connectivity index (χ1v) is 6.14. The van der Waals surface area contributed by atoms with Gasteiger partial charge in [-0.2, -0.15) is 0 Å². The molecule has 8 heteroatoms. The van der Waals surface area contributed by atoms with Crippen LogP contribution in [0.5, 0.6) is 0 Å². The van der Waals surface area contributed by atoms with E-state index in [1.165, 1.54) is 19.6 Å². The van der Waals surface area contributed by atoms with Crippen LogP contribution in [0.25, 0.3) is 0 Å². The number of nitrogens with zero attached hydrogens (tertiary/aromatic N) is 3. The van der Waals surface area contributed by atoms with Crippen molar-refractivity contribution in [2.24, 2.45) is 0 Å². The number of pyridine rings is 1. The number of carboxylic acid groups (broad SMARTS) is 1. The molecule has 0 bridgehead atoms. The Hall–Kier alpha value is -2.90. The lowest BCUT2D eigenvalue weighted by Crippen LogP contribution is -2.14. The molecule has 0 aliphatic carbocycles. The van der Waals surface area contributed by atoms with Gasteiger partial charge < -0.3 is 19.7 Å². The molecular formula is C13H14N4O4. The topological polar surface area (TPSA) is 106 Å². The summed E-state index contributed by atoms with van der Waals surface area (Å²) >= 11 is 0. The monoisotopic (exact) mass is 290 g/mol. The highest BCUT2D eigenvalue weighted by Crippen LogP contribution is 2.12. The van der Waals surface area contributed by atoms with Crippen molar-refractivity contribution in [3.05, 3.63) is 42.1 Å². The van der Waals surface area contributed by atoms with Gasteiger partial charge in [0.1, 0.15) is 11.4 Å². The van der Waals surface area contributed by atoms with E-state index in [4.69, 9.17) is 5.11 Å². The number of ether oxygens (including phenoxy) is 1. The fraction of sp³-hybridized carbons (Fsp3) is 0.231. The van der Waals surface area contributed by atoms with Crippen LogP contribution in [-0.2, 0) is 11.3 Å². The number of anilines is 1. The number of carbonyl (C=O) groups excluding carboxylic acids is 1. The highest BCUT2D eigenvalue weighted by Gasteiger charge is 2.12. The van der Waals surface area contributed by atoms with Gasteiger partial charge in [-0.15, -0.1) is 0 Å². The van der Waals surface area contributed by atoms with Crippen molar-refractivity contribution in [2.45, 2.75) is 6.54 Å². The molecule has 0 saturated carbocycles. The van der Waals surface area contributed by atoms with Gasteiger partial charge in [-0.25, -0.2) is 19.6 Å². The van der Waals surface area contributed by atoms with Gasteiger partial charge in [0.05, 0.1) is 13.4 Å². The van der Waals surface area contributed by atoms with Gasteiger partial charge in [-0.05, 0) is 12.1 Å². The Bertz CT molecular complexity index is 653. The number of rotatable bonds is 6. The molecule has 110 valence electrons. The lowest BCUT2D eigenvalue weighted by molar-refractivity contribution is 0.0600. The average Bonchev–Trinajstić information content (AvgIpc) is 2.96. The van der Waals surface area contributed by atoms with Crippen LogP contribution in [0.4, 0.5) is 5.82 Å². The van der Waals surface area contributed by atoms with E-state index in [2.05, 4.69) is 20.0 Å². The number of esters is 1. The summed E-state index contributed by atoms with van der Waals surface area (Å²) in [5, 5.41) is 11.8. The molecule has 0 amide bonds. The van der Waals surface area contributed by atoms with E-state index in [1.54, 1.807) is 22.9 Å². The van der Waals surface area contributed by atoms with Gasteiger partial charge in [-0.1, -0.05) is 0 Å². The summed E-state index contributed by atoms with van der Waals surface area (Å²) in [6.07, 6.45) is 4.43. The van der Waals surface area contributed by atoms with Crippen molar-refractivity contribution in [1.29, 1.82) is 0 Å². The van der Waals surface area contributed by atoms with Gasteiger partial charge in [0.25, 0.3) is 0 Å². The molecule has 0 aromatic carbocycles. The summed E-state index contributed by atoms with van der Waals surface area (Å²) in [6, 6.07) is 3.26. The lowest BCUT2D eigenvalue weighted by atomic mass is 10.2. The molecule has 0 saturated heterocycles. The lowest BCUT2D eigenvalue weighted by Gasteiger charge is -2.09. The minimum Gasteiger partial charge on any atom is -0.476 e. The molecule has 0 radical (unpaired) electrons. The standard InChI is InChI=1S/C13H14N4O4/c1-21-13(20)9-3-2-4-14-11(9)15-5-6-17-7-10(12(18)19)16-8-17/h2-4,7-8H,5-6H2,1H3,(H,14,15)(H,18,19). The maximum atomic E-state index is 11.6. The molecule has 21 heavy (non-hydrogen) atoms. The first-order chi connectivity index (χ1) is 10.1. The van der Waals surface area contributed by atoms with E-state index < -0.39 is 11.9 Å². The molecule has 2 aromatic rings. The molecule has 2 N–H and O–H groups in total. The first-order valence-electron chi connectivity index (χ1n) is 6.14. The fourth-order valence-corrected chi connectivity index (χ4v) is 1.72. The Morgan fingerprint density at radius 2 is 2.24 bits per heavy atom. The summed E-state index contributed by atoms with van der Waals surface area (Å²) in [7, 11) is 1.30. The highest BCUT2D eigenvalue weighted by atomic mass is 16.5. The molecular weight excluding hydrogens is 276 g/mol. The van der Waals surface area contributed by atoms with Crippen LogP contribution in [-0.4, -0.2) is 45.2 Å². The normalized spacial score (nSPS) is 10.1. The molecule has 2 rings (SSSR count). The number of nitrogens with one attached hydrogen (secondary N) is 1. The van der Waals surface area contributed by atoms with Crippen LogP contribution in [0.1, 0.15) is 20.8 Å². The SMILES string of the molecule is COC(=O)c1cccnc1NCCn1cnc(C(=O)O)c1. The number of aromatic nitrogens is 3. The third-order valence-corrected chi connectivity index (χ3v) is 2.73. The average molecular weight is 290 g/mol. The van der Waals surface area contributed by atoms with Crippen molar-refractivity contribution in [3.8, 4) is 0 Å². The molecule has 0 atom stereocenters. The molecule has 0 aliphatic heterocycles. The molecule has 0 fully saturated rings. The van der Waals surface area contributed by atoms with E-state index in [1.807, 2.05) is 0 Å². The van der Waals surface area contributed by atoms with Crippen molar-refractivity contribution >= 4 is 17.8 Å². The molecule has 2 aromatic heterocycles. The number of imidazole rings is 1. The van der Waals surface area contributed by atoms with Crippen LogP contribution in [0.15, 0.2) is 30.9 Å². The van der Waals surface area contributed by atoms with E-state index in [9.17, 15) is 9.59 Å². The molecule has 8 nitrogen and oxygen atoms in total. The Morgan fingerprint density at radius 3 is 2.90 bits per heavy atom. The second-order valence-electron chi connectivity index (χ2n) is 4.12. The molecule has 0 unspecified atom stereocenters. The van der Waals surface area contributed by atoms with Crippen molar-refractivity contribution in [2.75, 3.05) is 19.0 Å². The van der Waals surface area contributed by atoms with Crippen LogP contribution in [0, 0.1) is 0 Å². The van der Waals surface area contributed by atoms with Crippen LogP contribution in [0.3, 0.4) is 0 Å². The van der Waals surface area contributed by atoms with E-state index in [0.29, 0.717) is 24.5 Å². The third-order valence-electron chi connectivity index (χ3n) is 2.73. The van der Waals surface area contributed by atoms with Gasteiger partial charge in [0.15, 0.2) is 5.69 Å². The molecule has 0 spiro atoms. The minimum atomic E-state index is -1.07. The molecule has 2 heterocycles. The largest absolute Gasteiger partial charge is 0.476 e. The summed E-state index contributed by atoms with van der Waals surface area (Å²) in [6.45, 7) is 0.938. The second-order valence-corrected chi connectivity index (χ2v) is 4.12. The van der Waals surface area contributed by atoms with Gasteiger partial charge in [0, 0.05) is 25.5 Å². The van der Waals surface area contributed by atoms with Crippen LogP contribution >= 0.6 is 0 Å². The number of hydrogen-bond acceptors (Lipinski definition) is 6. The number of carbonyl (C=O) groups is 2. The van der Waals surface area contributed by atoms with Gasteiger partial charge in [-0.3, -0.25) is 0 Å². The van der Waals surface area contributed by atoms with E-state index >= 15 is 0 Å². The minimum absolute atomic E-state index is 0.0110. The molecule has 0 aliphatic rings. The summed E-state index contributed by atoms with van der Waals surface area (Å²) in [5.74, 6) is -1.12. The maximum absolute atomic E-state index is 11.6. The highest BCUT2D eigenvalue weighted by molar-refractivity contribution is 5.94. The zero-order valence-electron chi connectivity index (χ0n) is 11.3. The predicted molar refractivity (Wildman–Crippen MR) is 73.3 cm³/mol. The first kappa shape index (κ1) is 14.5. The Kier molecular flexibility index (Phi) is 4.50. The van der Waals surface area contributed by atoms with Gasteiger partial charge in [0.2, 0.25) is 0 Å². The number of carboxylic acids is 1. The van der Waals surface area contributed by atoms with Gasteiger partial charge >= 0.3 is 11.9 Å².